The van der Waals surface area contributed by atoms with Crippen LogP contribution in [-0.4, -0.2) is 29.3 Å². The molecule has 0 aliphatic rings. The molecular formula is C19H16ClN3O6. The Labute approximate surface area is 170 Å². The summed E-state index contributed by atoms with van der Waals surface area (Å²) in [7, 11) is 0. The van der Waals surface area contributed by atoms with Crippen molar-refractivity contribution in [2.24, 2.45) is 0 Å². The van der Waals surface area contributed by atoms with Crippen molar-refractivity contribution in [3.05, 3.63) is 74.9 Å². The van der Waals surface area contributed by atoms with Crippen LogP contribution in [0.15, 0.2) is 54.2 Å². The molecule has 0 heterocycles. The van der Waals surface area contributed by atoms with Crippen LogP contribution in [0.25, 0.3) is 6.08 Å². The highest BCUT2D eigenvalue weighted by Gasteiger charge is 2.17. The minimum atomic E-state index is -0.915. The minimum absolute atomic E-state index is 0.0783. The highest BCUT2D eigenvalue weighted by atomic mass is 35.5. The van der Waals surface area contributed by atoms with Gasteiger partial charge in [-0.3, -0.25) is 19.7 Å². The number of carbonyl (C=O) groups excluding carboxylic acids is 3. The summed E-state index contributed by atoms with van der Waals surface area (Å²) >= 11 is 5.71. The van der Waals surface area contributed by atoms with Gasteiger partial charge in [0.1, 0.15) is 10.7 Å². The predicted octanol–water partition coefficient (Wildman–Crippen LogP) is 2.91. The number of anilines is 1. The number of nitro groups is 1. The molecule has 9 nitrogen and oxygen atoms in total. The van der Waals surface area contributed by atoms with Gasteiger partial charge in [-0.2, -0.15) is 0 Å². The van der Waals surface area contributed by atoms with Crippen LogP contribution in [0.5, 0.6) is 0 Å². The standard InChI is InChI=1S/C19H16ClN3O6/c1-12(24)21-16(9-13-5-3-2-4-6-13)19(26)29-11-18(25)22-14-7-8-15(20)17(10-14)23(27)28/h2-10H,11H2,1H3,(H,21,24)(H,22,25)/b16-9-. The van der Waals surface area contributed by atoms with Gasteiger partial charge in [0.2, 0.25) is 5.91 Å². The number of esters is 1. The number of amides is 2. The molecule has 10 heteroatoms. The van der Waals surface area contributed by atoms with Gasteiger partial charge in [0, 0.05) is 18.7 Å². The van der Waals surface area contributed by atoms with Crippen molar-refractivity contribution in [3.63, 3.8) is 0 Å². The van der Waals surface area contributed by atoms with Gasteiger partial charge in [-0.05, 0) is 23.8 Å². The summed E-state index contributed by atoms with van der Waals surface area (Å²) in [6.45, 7) is 0.563. The number of nitrogens with zero attached hydrogens (tertiary/aromatic N) is 1. The van der Waals surface area contributed by atoms with Gasteiger partial charge >= 0.3 is 5.97 Å². The Hall–Kier alpha value is -3.72. The van der Waals surface area contributed by atoms with Crippen LogP contribution in [0.1, 0.15) is 12.5 Å². The first-order valence-corrected chi connectivity index (χ1v) is 8.59. The number of hydrogen-bond donors (Lipinski definition) is 2. The number of nitro benzene ring substituents is 1. The van der Waals surface area contributed by atoms with Crippen molar-refractivity contribution in [1.82, 2.24) is 5.32 Å². The third-order valence-corrected chi connectivity index (χ3v) is 3.72. The lowest BCUT2D eigenvalue weighted by molar-refractivity contribution is -0.384. The lowest BCUT2D eigenvalue weighted by Crippen LogP contribution is -2.28. The van der Waals surface area contributed by atoms with Crippen LogP contribution in [0.3, 0.4) is 0 Å². The molecule has 0 aliphatic heterocycles. The van der Waals surface area contributed by atoms with E-state index in [2.05, 4.69) is 10.6 Å². The Morgan fingerprint density at radius 2 is 1.86 bits per heavy atom. The van der Waals surface area contributed by atoms with E-state index < -0.39 is 29.3 Å². The van der Waals surface area contributed by atoms with E-state index in [9.17, 15) is 24.5 Å². The van der Waals surface area contributed by atoms with Gasteiger partial charge in [-0.25, -0.2) is 4.79 Å². The van der Waals surface area contributed by atoms with E-state index in [-0.39, 0.29) is 22.1 Å². The number of nitrogens with one attached hydrogen (secondary N) is 2. The maximum Gasteiger partial charge on any atom is 0.355 e. The molecule has 0 aromatic heterocycles. The number of halogens is 1. The van der Waals surface area contributed by atoms with E-state index in [0.717, 1.165) is 6.07 Å². The zero-order chi connectivity index (χ0) is 21.4. The molecule has 29 heavy (non-hydrogen) atoms. The molecule has 0 saturated carbocycles. The van der Waals surface area contributed by atoms with Gasteiger partial charge in [0.25, 0.3) is 11.6 Å². The van der Waals surface area contributed by atoms with Crippen LogP contribution >= 0.6 is 11.6 Å². The van der Waals surface area contributed by atoms with Crippen molar-refractivity contribution in [3.8, 4) is 0 Å². The molecular weight excluding hydrogens is 402 g/mol. The fraction of sp³-hybridized carbons (Fsp3) is 0.105. The van der Waals surface area contributed by atoms with Crippen molar-refractivity contribution < 1.29 is 24.0 Å². The zero-order valence-corrected chi connectivity index (χ0v) is 15.9. The zero-order valence-electron chi connectivity index (χ0n) is 15.2. The topological polar surface area (TPSA) is 128 Å². The molecule has 0 spiro atoms. The quantitative estimate of drug-likeness (QED) is 0.308. The maximum absolute atomic E-state index is 12.2. The Balaban J connectivity index is 2.03. The first kappa shape index (κ1) is 21.6. The largest absolute Gasteiger partial charge is 0.451 e. The van der Waals surface area contributed by atoms with Crippen molar-refractivity contribution in [2.75, 3.05) is 11.9 Å². The van der Waals surface area contributed by atoms with Gasteiger partial charge < -0.3 is 15.4 Å². The third-order valence-electron chi connectivity index (χ3n) is 3.40. The summed E-state index contributed by atoms with van der Waals surface area (Å²) in [6.07, 6.45) is 1.41. The molecule has 0 saturated heterocycles. The molecule has 2 rings (SSSR count). The van der Waals surface area contributed by atoms with Crippen LogP contribution in [-0.2, 0) is 19.1 Å². The average molecular weight is 418 g/mol. The first-order valence-electron chi connectivity index (χ1n) is 8.21. The molecule has 2 aromatic rings. The summed E-state index contributed by atoms with van der Waals surface area (Å²) in [5.74, 6) is -2.12. The van der Waals surface area contributed by atoms with Crippen LogP contribution in [0.2, 0.25) is 5.02 Å². The summed E-state index contributed by atoms with van der Waals surface area (Å²) < 4.78 is 4.92. The number of carbonyl (C=O) groups is 3. The van der Waals surface area contributed by atoms with Gasteiger partial charge in [-0.1, -0.05) is 41.9 Å². The number of benzene rings is 2. The molecule has 150 valence electrons. The molecule has 0 bridgehead atoms. The Kier molecular flexibility index (Phi) is 7.44. The third kappa shape index (κ3) is 6.74. The molecule has 2 N–H and O–H groups in total. The molecule has 2 aromatic carbocycles. The second kappa shape index (κ2) is 10.00. The van der Waals surface area contributed by atoms with Crippen LogP contribution < -0.4 is 10.6 Å². The predicted molar refractivity (Wildman–Crippen MR) is 106 cm³/mol. The lowest BCUT2D eigenvalue weighted by atomic mass is 10.2. The fourth-order valence-electron chi connectivity index (χ4n) is 2.19. The lowest BCUT2D eigenvalue weighted by Gasteiger charge is -2.10. The number of ether oxygens (including phenoxy) is 1. The smallest absolute Gasteiger partial charge is 0.355 e. The normalized spacial score (nSPS) is 10.8. The van der Waals surface area contributed by atoms with Gasteiger partial charge in [0.05, 0.1) is 4.92 Å². The van der Waals surface area contributed by atoms with Crippen LogP contribution in [0, 0.1) is 10.1 Å². The Morgan fingerprint density at radius 1 is 1.17 bits per heavy atom. The summed E-state index contributed by atoms with van der Waals surface area (Å²) in [6, 6.07) is 12.4. The number of rotatable bonds is 7. The minimum Gasteiger partial charge on any atom is -0.451 e. The summed E-state index contributed by atoms with van der Waals surface area (Å²) in [5, 5.41) is 15.5. The van der Waals surface area contributed by atoms with Crippen molar-refractivity contribution in [2.45, 2.75) is 6.92 Å². The van der Waals surface area contributed by atoms with E-state index in [4.69, 9.17) is 16.3 Å². The van der Waals surface area contributed by atoms with Gasteiger partial charge in [0.15, 0.2) is 6.61 Å². The Bertz CT molecular complexity index is 975. The van der Waals surface area contributed by atoms with E-state index in [0.29, 0.717) is 5.56 Å². The monoisotopic (exact) mass is 417 g/mol. The SMILES string of the molecule is CC(=O)N/C(=C\c1ccccc1)C(=O)OCC(=O)Nc1ccc(Cl)c([N+](=O)[O-])c1. The summed E-state index contributed by atoms with van der Waals surface area (Å²) in [4.78, 5) is 45.8. The summed E-state index contributed by atoms with van der Waals surface area (Å²) in [5.41, 5.74) is 0.244. The van der Waals surface area contributed by atoms with E-state index in [1.807, 2.05) is 0 Å². The van der Waals surface area contributed by atoms with Gasteiger partial charge in [-0.15, -0.1) is 0 Å². The molecule has 0 fully saturated rings. The van der Waals surface area contributed by atoms with E-state index in [1.165, 1.54) is 25.1 Å². The first-order chi connectivity index (χ1) is 13.8. The highest BCUT2D eigenvalue weighted by Crippen LogP contribution is 2.27. The van der Waals surface area contributed by atoms with E-state index in [1.54, 1.807) is 30.3 Å². The second-order valence-corrected chi connectivity index (χ2v) is 6.10. The molecule has 0 atom stereocenters. The fourth-order valence-corrected chi connectivity index (χ4v) is 2.37. The molecule has 0 unspecified atom stereocenters. The average Bonchev–Trinajstić information content (AvgIpc) is 2.67. The van der Waals surface area contributed by atoms with Crippen LogP contribution in [0.4, 0.5) is 11.4 Å². The molecule has 0 aliphatic carbocycles. The number of hydrogen-bond acceptors (Lipinski definition) is 6. The van der Waals surface area contributed by atoms with Crippen molar-refractivity contribution in [1.29, 1.82) is 0 Å². The van der Waals surface area contributed by atoms with Crippen molar-refractivity contribution >= 4 is 46.8 Å². The Morgan fingerprint density at radius 3 is 2.48 bits per heavy atom. The van der Waals surface area contributed by atoms with E-state index >= 15 is 0 Å². The maximum atomic E-state index is 12.2. The molecule has 2 amide bonds. The second-order valence-electron chi connectivity index (χ2n) is 5.70. The molecule has 0 radical (unpaired) electrons. The highest BCUT2D eigenvalue weighted by molar-refractivity contribution is 6.32.